The van der Waals surface area contributed by atoms with E-state index in [-0.39, 0.29) is 23.2 Å². The van der Waals surface area contributed by atoms with Gasteiger partial charge in [0.15, 0.2) is 9.84 Å². The lowest BCUT2D eigenvalue weighted by Gasteiger charge is -2.27. The van der Waals surface area contributed by atoms with E-state index in [1.807, 2.05) is 0 Å². The summed E-state index contributed by atoms with van der Waals surface area (Å²) in [5.41, 5.74) is 0.533. The highest BCUT2D eigenvalue weighted by Crippen LogP contribution is 2.25. The molecule has 1 amide bonds. The van der Waals surface area contributed by atoms with Crippen LogP contribution in [0.3, 0.4) is 0 Å². The van der Waals surface area contributed by atoms with Crippen LogP contribution in [0.1, 0.15) is 26.2 Å². The van der Waals surface area contributed by atoms with Crippen molar-refractivity contribution in [3.8, 4) is 0 Å². The zero-order valence-corrected chi connectivity index (χ0v) is 15.2. The number of hydrogen-bond acceptors (Lipinski definition) is 4. The summed E-state index contributed by atoms with van der Waals surface area (Å²) in [6.45, 7) is 4.16. The van der Waals surface area contributed by atoms with Crippen molar-refractivity contribution < 1.29 is 13.2 Å². The molecule has 1 aliphatic rings. The maximum Gasteiger partial charge on any atom is 0.224 e. The van der Waals surface area contributed by atoms with E-state index >= 15 is 0 Å². The van der Waals surface area contributed by atoms with E-state index in [2.05, 4.69) is 17.6 Å². The van der Waals surface area contributed by atoms with Crippen molar-refractivity contribution in [3.05, 3.63) is 24.3 Å². The van der Waals surface area contributed by atoms with Gasteiger partial charge in [0.2, 0.25) is 5.91 Å². The highest BCUT2D eigenvalue weighted by Gasteiger charge is 2.22. The Kier molecular flexibility index (Phi) is 7.51. The Labute approximate surface area is 144 Å². The van der Waals surface area contributed by atoms with Crippen LogP contribution in [0, 0.1) is 11.8 Å². The Bertz CT molecular complexity index is 628. The van der Waals surface area contributed by atoms with Gasteiger partial charge in [-0.1, -0.05) is 13.0 Å². The summed E-state index contributed by atoms with van der Waals surface area (Å²) >= 11 is 0. The molecule has 0 saturated carbocycles. The largest absolute Gasteiger partial charge is 0.326 e. The molecule has 2 N–H and O–H groups in total. The van der Waals surface area contributed by atoms with Gasteiger partial charge >= 0.3 is 0 Å². The fourth-order valence-corrected chi connectivity index (χ4v) is 3.56. The molecule has 0 aliphatic carbocycles. The molecule has 0 aromatic heterocycles. The average molecular weight is 361 g/mol. The number of carbonyl (C=O) groups excluding carboxylic acids is 1. The van der Waals surface area contributed by atoms with Crippen molar-refractivity contribution in [1.82, 2.24) is 5.32 Å². The van der Waals surface area contributed by atoms with Gasteiger partial charge in [-0.2, -0.15) is 0 Å². The van der Waals surface area contributed by atoms with Crippen LogP contribution in [0.2, 0.25) is 0 Å². The Hall–Kier alpha value is -1.11. The molecule has 1 aromatic rings. The number of sulfone groups is 1. The Morgan fingerprint density at radius 3 is 2.61 bits per heavy atom. The SMILES string of the molecule is CC(CC(=O)Nc1cccc(S(C)(=O)=O)c1)C1CCNCC1.Cl. The zero-order chi connectivity index (χ0) is 16.2. The van der Waals surface area contributed by atoms with Crippen LogP contribution in [-0.4, -0.2) is 33.7 Å². The van der Waals surface area contributed by atoms with E-state index in [9.17, 15) is 13.2 Å². The highest BCUT2D eigenvalue weighted by molar-refractivity contribution is 7.90. The van der Waals surface area contributed by atoms with Gasteiger partial charge in [-0.15, -0.1) is 12.4 Å². The molecule has 2 rings (SSSR count). The first-order valence-electron chi connectivity index (χ1n) is 7.67. The number of benzene rings is 1. The van der Waals surface area contributed by atoms with Crippen molar-refractivity contribution in [2.45, 2.75) is 31.1 Å². The summed E-state index contributed by atoms with van der Waals surface area (Å²) in [6.07, 6.45) is 3.84. The molecule has 1 atom stereocenters. The predicted octanol–water partition coefficient (Wildman–Crippen LogP) is 2.48. The van der Waals surface area contributed by atoms with Gasteiger partial charge in [0.05, 0.1) is 4.90 Å². The summed E-state index contributed by atoms with van der Waals surface area (Å²) < 4.78 is 23.1. The number of nitrogens with one attached hydrogen (secondary N) is 2. The first-order valence-corrected chi connectivity index (χ1v) is 9.56. The van der Waals surface area contributed by atoms with Gasteiger partial charge in [0.1, 0.15) is 0 Å². The van der Waals surface area contributed by atoms with Gasteiger partial charge < -0.3 is 10.6 Å². The standard InChI is InChI=1S/C16H24N2O3S.ClH/c1-12(13-6-8-17-9-7-13)10-16(19)18-14-4-3-5-15(11-14)22(2,20)21;/h3-5,11-13,17H,6-10H2,1-2H3,(H,18,19);1H. The third-order valence-corrected chi connectivity index (χ3v) is 5.35. The molecule has 7 heteroatoms. The fraction of sp³-hybridized carbons (Fsp3) is 0.562. The van der Waals surface area contributed by atoms with Crippen molar-refractivity contribution in [1.29, 1.82) is 0 Å². The lowest BCUT2D eigenvalue weighted by atomic mass is 9.84. The van der Waals surface area contributed by atoms with Crippen molar-refractivity contribution in [2.24, 2.45) is 11.8 Å². The van der Waals surface area contributed by atoms with Crippen LogP contribution in [-0.2, 0) is 14.6 Å². The van der Waals surface area contributed by atoms with Gasteiger partial charge in [0.25, 0.3) is 0 Å². The van der Waals surface area contributed by atoms with Crippen LogP contribution in [0.4, 0.5) is 5.69 Å². The molecular formula is C16H25ClN2O3S. The monoisotopic (exact) mass is 360 g/mol. The number of hydrogen-bond donors (Lipinski definition) is 2. The molecule has 0 spiro atoms. The van der Waals surface area contributed by atoms with E-state index in [0.717, 1.165) is 32.2 Å². The van der Waals surface area contributed by atoms with Gasteiger partial charge in [-0.05, 0) is 56.0 Å². The van der Waals surface area contributed by atoms with Crippen LogP contribution >= 0.6 is 12.4 Å². The van der Waals surface area contributed by atoms with Crippen LogP contribution in [0.25, 0.3) is 0 Å². The molecule has 1 aromatic carbocycles. The van der Waals surface area contributed by atoms with E-state index in [1.54, 1.807) is 12.1 Å². The smallest absolute Gasteiger partial charge is 0.224 e. The van der Waals surface area contributed by atoms with Crippen molar-refractivity contribution in [2.75, 3.05) is 24.7 Å². The second kappa shape index (κ2) is 8.66. The molecule has 0 radical (unpaired) electrons. The van der Waals surface area contributed by atoms with Gasteiger partial charge in [0, 0.05) is 18.4 Å². The molecule has 5 nitrogen and oxygen atoms in total. The normalized spacial score (nSPS) is 17.1. The molecule has 1 heterocycles. The molecule has 0 bridgehead atoms. The third-order valence-electron chi connectivity index (χ3n) is 4.24. The maximum absolute atomic E-state index is 12.2. The lowest BCUT2D eigenvalue weighted by Crippen LogP contribution is -2.32. The highest BCUT2D eigenvalue weighted by atomic mass is 35.5. The Morgan fingerprint density at radius 1 is 1.35 bits per heavy atom. The summed E-state index contributed by atoms with van der Waals surface area (Å²) in [6, 6.07) is 6.38. The minimum Gasteiger partial charge on any atom is -0.326 e. The minimum absolute atomic E-state index is 0. The average Bonchev–Trinajstić information content (AvgIpc) is 2.47. The molecule has 23 heavy (non-hydrogen) atoms. The summed E-state index contributed by atoms with van der Waals surface area (Å²) in [5, 5.41) is 6.13. The molecular weight excluding hydrogens is 336 g/mol. The lowest BCUT2D eigenvalue weighted by molar-refractivity contribution is -0.117. The molecule has 1 fully saturated rings. The number of amides is 1. The number of anilines is 1. The first kappa shape index (κ1) is 19.9. The quantitative estimate of drug-likeness (QED) is 0.845. The Morgan fingerprint density at radius 2 is 2.00 bits per heavy atom. The van der Waals surface area contributed by atoms with Gasteiger partial charge in [-0.3, -0.25) is 4.79 Å². The van der Waals surface area contributed by atoms with E-state index < -0.39 is 9.84 Å². The predicted molar refractivity (Wildman–Crippen MR) is 94.8 cm³/mol. The Balaban J connectivity index is 0.00000264. The zero-order valence-electron chi connectivity index (χ0n) is 13.5. The van der Waals surface area contributed by atoms with Crippen LogP contribution < -0.4 is 10.6 Å². The van der Waals surface area contributed by atoms with E-state index in [1.165, 1.54) is 12.1 Å². The van der Waals surface area contributed by atoms with Crippen LogP contribution in [0.15, 0.2) is 29.2 Å². The second-order valence-electron chi connectivity index (χ2n) is 6.12. The summed E-state index contributed by atoms with van der Waals surface area (Å²) in [7, 11) is -3.26. The number of halogens is 1. The fourth-order valence-electron chi connectivity index (χ4n) is 2.89. The second-order valence-corrected chi connectivity index (χ2v) is 8.13. The van der Waals surface area contributed by atoms with Crippen molar-refractivity contribution in [3.63, 3.8) is 0 Å². The summed E-state index contributed by atoms with van der Waals surface area (Å²) in [5.74, 6) is 0.853. The summed E-state index contributed by atoms with van der Waals surface area (Å²) in [4.78, 5) is 12.4. The number of carbonyl (C=O) groups is 1. The van der Waals surface area contributed by atoms with E-state index in [0.29, 0.717) is 23.9 Å². The molecule has 1 saturated heterocycles. The molecule has 130 valence electrons. The third kappa shape index (κ3) is 6.12. The number of piperidine rings is 1. The van der Waals surface area contributed by atoms with Crippen LogP contribution in [0.5, 0.6) is 0 Å². The first-order chi connectivity index (χ1) is 10.4. The molecule has 1 unspecified atom stereocenters. The minimum atomic E-state index is -3.26. The van der Waals surface area contributed by atoms with E-state index in [4.69, 9.17) is 0 Å². The van der Waals surface area contributed by atoms with Gasteiger partial charge in [-0.25, -0.2) is 8.42 Å². The topological polar surface area (TPSA) is 75.3 Å². The maximum atomic E-state index is 12.2. The van der Waals surface area contributed by atoms with Crippen molar-refractivity contribution >= 4 is 33.8 Å². The molecule has 1 aliphatic heterocycles. The number of rotatable bonds is 5.